The summed E-state index contributed by atoms with van der Waals surface area (Å²) >= 11 is 0. The summed E-state index contributed by atoms with van der Waals surface area (Å²) in [5.41, 5.74) is 1.51. The predicted molar refractivity (Wildman–Crippen MR) is 67.2 cm³/mol. The lowest BCUT2D eigenvalue weighted by Gasteiger charge is -2.26. The summed E-state index contributed by atoms with van der Waals surface area (Å²) in [5, 5.41) is 15.9. The van der Waals surface area contributed by atoms with E-state index in [4.69, 9.17) is 10.00 Å². The van der Waals surface area contributed by atoms with Crippen LogP contribution in [-0.4, -0.2) is 25.7 Å². The van der Waals surface area contributed by atoms with Crippen molar-refractivity contribution in [3.63, 3.8) is 0 Å². The number of nitrogens with zero attached hydrogens (tertiary/aromatic N) is 1. The molecule has 0 radical (unpaired) electrons. The first kappa shape index (κ1) is 11.7. The molecule has 0 amide bonds. The van der Waals surface area contributed by atoms with Crippen LogP contribution in [0.5, 0.6) is 5.75 Å². The maximum Gasteiger partial charge on any atom is 0.121 e. The first-order valence-electron chi connectivity index (χ1n) is 5.74. The summed E-state index contributed by atoms with van der Waals surface area (Å²) in [6.45, 7) is 4.08. The zero-order valence-electron chi connectivity index (χ0n) is 10.2. The van der Waals surface area contributed by atoms with E-state index in [1.807, 2.05) is 6.07 Å². The summed E-state index contributed by atoms with van der Waals surface area (Å²) in [5.74, 6) is 0.765. The van der Waals surface area contributed by atoms with Crippen LogP contribution in [0.25, 0.3) is 0 Å². The van der Waals surface area contributed by atoms with Crippen LogP contribution in [-0.2, 0) is 0 Å². The lowest BCUT2D eigenvalue weighted by Crippen LogP contribution is -2.37. The molecule has 0 aliphatic carbocycles. The van der Waals surface area contributed by atoms with Crippen LogP contribution in [0.1, 0.15) is 18.9 Å². The molecule has 1 saturated heterocycles. The molecular weight excluding hydrogens is 214 g/mol. The predicted octanol–water partition coefficient (Wildman–Crippen LogP) is 1.73. The minimum atomic E-state index is 0.0119. The second kappa shape index (κ2) is 4.64. The highest BCUT2D eigenvalue weighted by molar-refractivity contribution is 5.61. The van der Waals surface area contributed by atoms with Crippen LogP contribution in [0.2, 0.25) is 0 Å². The third-order valence-electron chi connectivity index (χ3n) is 3.15. The van der Waals surface area contributed by atoms with Crippen molar-refractivity contribution in [3.8, 4) is 11.8 Å². The number of hydrogen-bond donors (Lipinski definition) is 2. The van der Waals surface area contributed by atoms with Crippen LogP contribution >= 0.6 is 0 Å². The van der Waals surface area contributed by atoms with Gasteiger partial charge in [0.25, 0.3) is 0 Å². The lowest BCUT2D eigenvalue weighted by atomic mass is 10.0. The van der Waals surface area contributed by atoms with Crippen molar-refractivity contribution in [3.05, 3.63) is 23.8 Å². The minimum Gasteiger partial charge on any atom is -0.497 e. The minimum absolute atomic E-state index is 0.0119. The van der Waals surface area contributed by atoms with Gasteiger partial charge in [0.1, 0.15) is 11.8 Å². The number of methoxy groups -OCH3 is 1. The second-order valence-corrected chi connectivity index (χ2v) is 4.64. The zero-order valence-corrected chi connectivity index (χ0v) is 10.2. The number of nitrogens with one attached hydrogen (secondary N) is 2. The molecule has 0 bridgehead atoms. The fourth-order valence-corrected chi connectivity index (χ4v) is 2.10. The van der Waals surface area contributed by atoms with Crippen LogP contribution < -0.4 is 15.4 Å². The SMILES string of the molecule is COc1ccc(C#N)c(NC2(C)CCNC2)c1. The molecule has 2 N–H and O–H groups in total. The third kappa shape index (κ3) is 2.51. The van der Waals surface area contributed by atoms with Gasteiger partial charge in [-0.05, 0) is 32.0 Å². The second-order valence-electron chi connectivity index (χ2n) is 4.64. The molecular formula is C13H17N3O. The molecule has 0 aromatic heterocycles. The molecule has 1 aliphatic rings. The molecule has 0 saturated carbocycles. The topological polar surface area (TPSA) is 57.1 Å². The van der Waals surface area contributed by atoms with Gasteiger partial charge in [0.2, 0.25) is 0 Å². The quantitative estimate of drug-likeness (QED) is 0.831. The Hall–Kier alpha value is -1.73. The van der Waals surface area contributed by atoms with Gasteiger partial charge < -0.3 is 15.4 Å². The number of rotatable bonds is 3. The van der Waals surface area contributed by atoms with E-state index in [1.54, 1.807) is 19.2 Å². The summed E-state index contributed by atoms with van der Waals surface area (Å²) < 4.78 is 5.19. The smallest absolute Gasteiger partial charge is 0.121 e. The fourth-order valence-electron chi connectivity index (χ4n) is 2.10. The van der Waals surface area contributed by atoms with Gasteiger partial charge in [0.15, 0.2) is 0 Å². The van der Waals surface area contributed by atoms with E-state index in [0.717, 1.165) is 30.9 Å². The van der Waals surface area contributed by atoms with E-state index in [9.17, 15) is 0 Å². The number of nitriles is 1. The Morgan fingerprint density at radius 2 is 2.35 bits per heavy atom. The van der Waals surface area contributed by atoms with Crippen molar-refractivity contribution in [2.75, 3.05) is 25.5 Å². The molecule has 1 fully saturated rings. The molecule has 4 heteroatoms. The van der Waals surface area contributed by atoms with Crippen molar-refractivity contribution in [2.45, 2.75) is 18.9 Å². The molecule has 1 aromatic carbocycles. The molecule has 1 aliphatic heterocycles. The van der Waals surface area contributed by atoms with E-state index in [2.05, 4.69) is 23.6 Å². The van der Waals surface area contributed by atoms with E-state index in [-0.39, 0.29) is 5.54 Å². The van der Waals surface area contributed by atoms with Crippen LogP contribution in [0.3, 0.4) is 0 Å². The maximum absolute atomic E-state index is 9.09. The van der Waals surface area contributed by atoms with Crippen LogP contribution in [0.15, 0.2) is 18.2 Å². The highest BCUT2D eigenvalue weighted by Crippen LogP contribution is 2.27. The van der Waals surface area contributed by atoms with Crippen molar-refractivity contribution < 1.29 is 4.74 Å². The van der Waals surface area contributed by atoms with Gasteiger partial charge in [-0.2, -0.15) is 5.26 Å². The van der Waals surface area contributed by atoms with Crippen molar-refractivity contribution >= 4 is 5.69 Å². The molecule has 1 aromatic rings. The van der Waals surface area contributed by atoms with E-state index in [0.29, 0.717) is 5.56 Å². The van der Waals surface area contributed by atoms with Gasteiger partial charge in [-0.1, -0.05) is 0 Å². The van der Waals surface area contributed by atoms with Gasteiger partial charge in [0, 0.05) is 18.2 Å². The first-order chi connectivity index (χ1) is 8.17. The standard InChI is InChI=1S/C13H17N3O/c1-13(5-6-15-9-13)16-12-7-11(17-2)4-3-10(12)8-14/h3-4,7,15-16H,5-6,9H2,1-2H3. The Morgan fingerprint density at radius 1 is 1.53 bits per heavy atom. The third-order valence-corrected chi connectivity index (χ3v) is 3.15. The number of ether oxygens (including phenoxy) is 1. The molecule has 4 nitrogen and oxygen atoms in total. The monoisotopic (exact) mass is 231 g/mol. The summed E-state index contributed by atoms with van der Waals surface area (Å²) in [7, 11) is 1.63. The highest BCUT2D eigenvalue weighted by Gasteiger charge is 2.28. The summed E-state index contributed by atoms with van der Waals surface area (Å²) in [6.07, 6.45) is 1.05. The first-order valence-corrected chi connectivity index (χ1v) is 5.74. The number of benzene rings is 1. The van der Waals surface area contributed by atoms with E-state index >= 15 is 0 Å². The Labute approximate surface area is 102 Å². The fraction of sp³-hybridized carbons (Fsp3) is 0.462. The van der Waals surface area contributed by atoms with Crippen LogP contribution in [0.4, 0.5) is 5.69 Å². The zero-order chi connectivity index (χ0) is 12.3. The number of anilines is 1. The van der Waals surface area contributed by atoms with Gasteiger partial charge >= 0.3 is 0 Å². The van der Waals surface area contributed by atoms with E-state index < -0.39 is 0 Å². The van der Waals surface area contributed by atoms with Crippen molar-refractivity contribution in [1.82, 2.24) is 5.32 Å². The molecule has 1 atom stereocenters. The Morgan fingerprint density at radius 3 is 2.94 bits per heavy atom. The molecule has 1 heterocycles. The largest absolute Gasteiger partial charge is 0.497 e. The lowest BCUT2D eigenvalue weighted by molar-refractivity contribution is 0.414. The summed E-state index contributed by atoms with van der Waals surface area (Å²) in [4.78, 5) is 0. The van der Waals surface area contributed by atoms with Gasteiger partial charge in [-0.3, -0.25) is 0 Å². The Balaban J connectivity index is 2.27. The van der Waals surface area contributed by atoms with Crippen LogP contribution in [0, 0.1) is 11.3 Å². The molecule has 1 unspecified atom stereocenters. The average molecular weight is 231 g/mol. The Kier molecular flexibility index (Phi) is 3.21. The van der Waals surface area contributed by atoms with Crippen molar-refractivity contribution in [1.29, 1.82) is 5.26 Å². The maximum atomic E-state index is 9.09. The highest BCUT2D eigenvalue weighted by atomic mass is 16.5. The molecule has 17 heavy (non-hydrogen) atoms. The van der Waals surface area contributed by atoms with Gasteiger partial charge in [-0.15, -0.1) is 0 Å². The molecule has 0 spiro atoms. The summed E-state index contributed by atoms with van der Waals surface area (Å²) in [6, 6.07) is 7.67. The van der Waals surface area contributed by atoms with Gasteiger partial charge in [0.05, 0.1) is 18.4 Å². The van der Waals surface area contributed by atoms with Crippen molar-refractivity contribution in [2.24, 2.45) is 0 Å². The van der Waals surface area contributed by atoms with Gasteiger partial charge in [-0.25, -0.2) is 0 Å². The Bertz CT molecular complexity index is 444. The normalized spacial score (nSPS) is 23.1. The average Bonchev–Trinajstić information content (AvgIpc) is 2.75. The molecule has 2 rings (SSSR count). The number of hydrogen-bond acceptors (Lipinski definition) is 4. The van der Waals surface area contributed by atoms with E-state index in [1.165, 1.54) is 0 Å². The molecule has 90 valence electrons.